The molecule has 0 unspecified atom stereocenters. The van der Waals surface area contributed by atoms with Gasteiger partial charge in [-0.15, -0.1) is 11.3 Å². The van der Waals surface area contributed by atoms with Crippen molar-refractivity contribution in [2.24, 2.45) is 0 Å². The summed E-state index contributed by atoms with van der Waals surface area (Å²) < 4.78 is 14.9. The van der Waals surface area contributed by atoms with Gasteiger partial charge in [0.2, 0.25) is 0 Å². The van der Waals surface area contributed by atoms with Crippen LogP contribution in [0.3, 0.4) is 0 Å². The van der Waals surface area contributed by atoms with E-state index in [4.69, 9.17) is 11.6 Å². The average molecular weight is 344 g/mol. The maximum Gasteiger partial charge on any atom is 0.150 e. The highest BCUT2D eigenvalue weighted by Crippen LogP contribution is 2.36. The van der Waals surface area contributed by atoms with E-state index in [9.17, 15) is 4.39 Å². The van der Waals surface area contributed by atoms with Crippen LogP contribution in [-0.2, 0) is 0 Å². The molecule has 1 aromatic carbocycles. The van der Waals surface area contributed by atoms with Crippen molar-refractivity contribution in [3.63, 3.8) is 0 Å². The molecule has 90 valence electrons. The van der Waals surface area contributed by atoms with Crippen molar-refractivity contribution in [2.45, 2.75) is 0 Å². The van der Waals surface area contributed by atoms with Crippen molar-refractivity contribution in [3.05, 3.63) is 46.0 Å². The Morgan fingerprint density at radius 3 is 2.72 bits per heavy atom. The van der Waals surface area contributed by atoms with Gasteiger partial charge >= 0.3 is 0 Å². The predicted molar refractivity (Wildman–Crippen MR) is 75.5 cm³/mol. The summed E-state index contributed by atoms with van der Waals surface area (Å²) in [5, 5.41) is 0.423. The van der Waals surface area contributed by atoms with Crippen molar-refractivity contribution >= 4 is 49.1 Å². The zero-order valence-electron chi connectivity index (χ0n) is 8.82. The smallest absolute Gasteiger partial charge is 0.150 e. The second-order valence-corrected chi connectivity index (χ2v) is 5.97. The van der Waals surface area contributed by atoms with Crippen LogP contribution in [0.15, 0.2) is 35.1 Å². The second kappa shape index (κ2) is 4.57. The Labute approximate surface area is 120 Å². The average Bonchev–Trinajstić information content (AvgIpc) is 2.73. The van der Waals surface area contributed by atoms with Crippen LogP contribution in [0.5, 0.6) is 0 Å². The van der Waals surface area contributed by atoms with E-state index >= 15 is 0 Å². The number of rotatable bonds is 1. The van der Waals surface area contributed by atoms with Crippen molar-refractivity contribution in [1.29, 1.82) is 0 Å². The van der Waals surface area contributed by atoms with Crippen molar-refractivity contribution in [3.8, 4) is 10.4 Å². The molecule has 0 saturated heterocycles. The molecule has 3 rings (SSSR count). The number of benzene rings is 1. The third kappa shape index (κ3) is 2.13. The quantitative estimate of drug-likeness (QED) is 0.587. The molecular weight excluding hydrogens is 339 g/mol. The first-order chi connectivity index (χ1) is 8.63. The molecule has 0 amide bonds. The summed E-state index contributed by atoms with van der Waals surface area (Å²) in [6.45, 7) is 0. The summed E-state index contributed by atoms with van der Waals surface area (Å²) in [5.74, 6) is -0.283. The number of nitrogens with zero attached hydrogens (tertiary/aromatic N) is 2. The lowest BCUT2D eigenvalue weighted by atomic mass is 10.2. The van der Waals surface area contributed by atoms with Crippen LogP contribution in [0.4, 0.5) is 4.39 Å². The van der Waals surface area contributed by atoms with Gasteiger partial charge in [0.15, 0.2) is 0 Å². The molecule has 0 aliphatic rings. The Morgan fingerprint density at radius 2 is 2.00 bits per heavy atom. The number of halogens is 3. The molecule has 0 atom stereocenters. The highest BCUT2D eigenvalue weighted by Gasteiger charge is 2.10. The maximum absolute atomic E-state index is 13.4. The summed E-state index contributed by atoms with van der Waals surface area (Å²) in [7, 11) is 0. The lowest BCUT2D eigenvalue weighted by Gasteiger charge is -1.98. The zero-order chi connectivity index (χ0) is 12.7. The standard InChI is InChI=1S/C12H5BrClFN2S/c13-7-1-6(2-8(15)3-7)10-4-9-11(18-10)12(14)17-5-16-9/h1-5H. The van der Waals surface area contributed by atoms with Gasteiger partial charge in [-0.3, -0.25) is 0 Å². The molecule has 3 aromatic rings. The largest absolute Gasteiger partial charge is 0.235 e. The fourth-order valence-electron chi connectivity index (χ4n) is 1.66. The summed E-state index contributed by atoms with van der Waals surface area (Å²) >= 11 is 10.7. The van der Waals surface area contributed by atoms with Gasteiger partial charge in [-0.05, 0) is 29.8 Å². The molecule has 0 radical (unpaired) electrons. The van der Waals surface area contributed by atoms with Crippen LogP contribution >= 0.6 is 38.9 Å². The minimum absolute atomic E-state index is 0.283. The first-order valence-electron chi connectivity index (χ1n) is 5.00. The summed E-state index contributed by atoms with van der Waals surface area (Å²) in [6.07, 6.45) is 1.42. The second-order valence-electron chi connectivity index (χ2n) is 3.65. The monoisotopic (exact) mass is 342 g/mol. The molecule has 0 spiro atoms. The van der Waals surface area contributed by atoms with Gasteiger partial charge < -0.3 is 0 Å². The van der Waals surface area contributed by atoms with E-state index in [0.717, 1.165) is 20.7 Å². The van der Waals surface area contributed by atoms with E-state index in [0.29, 0.717) is 9.63 Å². The van der Waals surface area contributed by atoms with Crippen LogP contribution in [-0.4, -0.2) is 9.97 Å². The number of thiophene rings is 1. The molecule has 0 bridgehead atoms. The molecule has 18 heavy (non-hydrogen) atoms. The Bertz CT molecular complexity index is 724. The topological polar surface area (TPSA) is 25.8 Å². The van der Waals surface area contributed by atoms with Gasteiger partial charge in [-0.2, -0.15) is 0 Å². The molecule has 6 heteroatoms. The van der Waals surface area contributed by atoms with Gasteiger partial charge in [-0.25, -0.2) is 14.4 Å². The molecule has 0 N–H and O–H groups in total. The third-order valence-corrected chi connectivity index (χ3v) is 4.45. The van der Waals surface area contributed by atoms with E-state index in [1.54, 1.807) is 0 Å². The lowest BCUT2D eigenvalue weighted by molar-refractivity contribution is 0.627. The zero-order valence-corrected chi connectivity index (χ0v) is 12.0. The number of fused-ring (bicyclic) bond motifs is 1. The van der Waals surface area contributed by atoms with Crippen LogP contribution < -0.4 is 0 Å². The lowest BCUT2D eigenvalue weighted by Crippen LogP contribution is -1.78. The first kappa shape index (κ1) is 12.0. The van der Waals surface area contributed by atoms with Gasteiger partial charge in [0.05, 0.1) is 10.2 Å². The fourth-order valence-corrected chi connectivity index (χ4v) is 3.36. The van der Waals surface area contributed by atoms with Crippen molar-refractivity contribution in [1.82, 2.24) is 9.97 Å². The Kier molecular flexibility index (Phi) is 3.05. The van der Waals surface area contributed by atoms with Crippen LogP contribution in [0.2, 0.25) is 5.15 Å². The van der Waals surface area contributed by atoms with E-state index in [1.165, 1.54) is 29.8 Å². The fraction of sp³-hybridized carbons (Fsp3) is 0. The van der Waals surface area contributed by atoms with Crippen LogP contribution in [0.25, 0.3) is 20.7 Å². The van der Waals surface area contributed by atoms with Gasteiger partial charge in [0.1, 0.15) is 17.3 Å². The van der Waals surface area contributed by atoms with Gasteiger partial charge in [-0.1, -0.05) is 27.5 Å². The maximum atomic E-state index is 13.4. The Hall–Kier alpha value is -1.04. The highest BCUT2D eigenvalue weighted by atomic mass is 79.9. The molecule has 0 aliphatic carbocycles. The predicted octanol–water partition coefficient (Wildman–Crippen LogP) is 4.91. The Morgan fingerprint density at radius 1 is 1.17 bits per heavy atom. The SMILES string of the molecule is Fc1cc(Br)cc(-c2cc3ncnc(Cl)c3s2)c1. The van der Waals surface area contributed by atoms with E-state index < -0.39 is 0 Å². The van der Waals surface area contributed by atoms with Crippen molar-refractivity contribution < 1.29 is 4.39 Å². The molecule has 2 nitrogen and oxygen atoms in total. The molecule has 2 aromatic heterocycles. The number of hydrogen-bond donors (Lipinski definition) is 0. The van der Waals surface area contributed by atoms with Crippen LogP contribution in [0.1, 0.15) is 0 Å². The molecule has 2 heterocycles. The number of hydrogen-bond acceptors (Lipinski definition) is 3. The first-order valence-corrected chi connectivity index (χ1v) is 6.99. The van der Waals surface area contributed by atoms with Gasteiger partial charge in [0, 0.05) is 9.35 Å². The number of aromatic nitrogens is 2. The molecule has 0 saturated carbocycles. The molecule has 0 aliphatic heterocycles. The normalized spacial score (nSPS) is 11.1. The van der Waals surface area contributed by atoms with E-state index in [2.05, 4.69) is 25.9 Å². The summed E-state index contributed by atoms with van der Waals surface area (Å²) in [4.78, 5) is 8.98. The Balaban J connectivity index is 2.22. The van der Waals surface area contributed by atoms with E-state index in [-0.39, 0.29) is 5.82 Å². The van der Waals surface area contributed by atoms with Crippen molar-refractivity contribution in [2.75, 3.05) is 0 Å². The summed E-state index contributed by atoms with van der Waals surface area (Å²) in [6, 6.07) is 6.64. The van der Waals surface area contributed by atoms with Gasteiger partial charge in [0.25, 0.3) is 0 Å². The molecule has 0 fully saturated rings. The summed E-state index contributed by atoms with van der Waals surface area (Å²) in [5.41, 5.74) is 1.57. The van der Waals surface area contributed by atoms with E-state index in [1.807, 2.05) is 12.1 Å². The van der Waals surface area contributed by atoms with Crippen LogP contribution in [0, 0.1) is 5.82 Å². The molecular formula is C12H5BrClFN2S. The minimum atomic E-state index is -0.283. The minimum Gasteiger partial charge on any atom is -0.235 e. The highest BCUT2D eigenvalue weighted by molar-refractivity contribution is 9.10. The third-order valence-electron chi connectivity index (χ3n) is 2.41.